The van der Waals surface area contributed by atoms with E-state index in [4.69, 9.17) is 9.97 Å². The molecule has 0 aliphatic heterocycles. The highest BCUT2D eigenvalue weighted by molar-refractivity contribution is 6.25. The van der Waals surface area contributed by atoms with Crippen LogP contribution >= 0.6 is 0 Å². The Morgan fingerprint density at radius 1 is 0.293 bits per heavy atom. The van der Waals surface area contributed by atoms with Crippen LogP contribution in [0.3, 0.4) is 0 Å². The van der Waals surface area contributed by atoms with E-state index >= 15 is 0 Å². The van der Waals surface area contributed by atoms with Gasteiger partial charge in [0.25, 0.3) is 0 Å². The molecule has 9 aromatic carbocycles. The number of rotatable bonds is 5. The maximum atomic E-state index is 5.24. The topological polar surface area (TPSA) is 35.6 Å². The zero-order valence-electron chi connectivity index (χ0n) is 31.4. The highest BCUT2D eigenvalue weighted by atomic mass is 15.0. The van der Waals surface area contributed by atoms with Gasteiger partial charge in [-0.15, -0.1) is 0 Å². The van der Waals surface area contributed by atoms with Crippen LogP contribution in [0, 0.1) is 0 Å². The average molecular weight is 739 g/mol. The van der Waals surface area contributed by atoms with E-state index in [0.29, 0.717) is 0 Å². The minimum Gasteiger partial charge on any atom is -0.309 e. The summed E-state index contributed by atoms with van der Waals surface area (Å²) in [4.78, 5) is 10.4. The number of nitrogens with zero attached hydrogens (tertiary/aromatic N) is 4. The standard InChI is InChI=1S/C54H34N4/c1-3-13-35(14-4-1)36-23-25-38(26-24-36)53-54(56-47-21-11-10-20-46(47)55-53)39-27-30-41(31-28-39)57-48-22-12-9-19-43(48)44-33-45-51(34-50(44)57)58(40-16-5-2-6-17-40)49-32-29-37-15-7-8-18-42(37)52(45)49/h1-34H. The maximum Gasteiger partial charge on any atom is 0.0973 e. The van der Waals surface area contributed by atoms with Crippen LogP contribution in [0.4, 0.5) is 0 Å². The summed E-state index contributed by atoms with van der Waals surface area (Å²) in [5.74, 6) is 0. The third kappa shape index (κ3) is 5.02. The Hall–Kier alpha value is -7.82. The van der Waals surface area contributed by atoms with Crippen LogP contribution in [0.25, 0.3) is 110 Å². The predicted octanol–water partition coefficient (Wildman–Crippen LogP) is 14.0. The zero-order valence-corrected chi connectivity index (χ0v) is 31.4. The van der Waals surface area contributed by atoms with Crippen molar-refractivity contribution in [2.75, 3.05) is 0 Å². The van der Waals surface area contributed by atoms with E-state index < -0.39 is 0 Å². The van der Waals surface area contributed by atoms with Gasteiger partial charge >= 0.3 is 0 Å². The molecule has 3 heterocycles. The molecule has 0 aliphatic carbocycles. The first-order valence-corrected chi connectivity index (χ1v) is 19.7. The van der Waals surface area contributed by atoms with Crippen LogP contribution in [0.5, 0.6) is 0 Å². The molecule has 0 bridgehead atoms. The Morgan fingerprint density at radius 3 is 1.53 bits per heavy atom. The molecule has 0 unspecified atom stereocenters. The summed E-state index contributed by atoms with van der Waals surface area (Å²) in [7, 11) is 0. The van der Waals surface area contributed by atoms with Crippen molar-refractivity contribution in [3.8, 4) is 45.0 Å². The van der Waals surface area contributed by atoms with Crippen molar-refractivity contribution >= 4 is 65.4 Å². The molecule has 0 atom stereocenters. The van der Waals surface area contributed by atoms with E-state index in [1.165, 1.54) is 60.0 Å². The van der Waals surface area contributed by atoms with Gasteiger partial charge in [0, 0.05) is 44.0 Å². The lowest BCUT2D eigenvalue weighted by molar-refractivity contribution is 1.16. The van der Waals surface area contributed by atoms with Crippen molar-refractivity contribution < 1.29 is 0 Å². The number of benzene rings is 9. The summed E-state index contributed by atoms with van der Waals surface area (Å²) in [5.41, 5.74) is 14.8. The van der Waals surface area contributed by atoms with Crippen LogP contribution in [-0.4, -0.2) is 19.1 Å². The predicted molar refractivity (Wildman–Crippen MR) is 242 cm³/mol. The molecule has 0 N–H and O–H groups in total. The third-order valence-electron chi connectivity index (χ3n) is 11.7. The SMILES string of the molecule is c1ccc(-c2ccc(-c3nc4ccccc4nc3-c3ccc(-n4c5ccccc5c5cc6c7c8ccccc8ccc7n(-c7ccccc7)c6cc54)cc3)cc2)cc1. The summed E-state index contributed by atoms with van der Waals surface area (Å²) >= 11 is 0. The molecule has 0 radical (unpaired) electrons. The van der Waals surface area contributed by atoms with E-state index in [1.807, 2.05) is 30.3 Å². The lowest BCUT2D eigenvalue weighted by Gasteiger charge is -2.13. The highest BCUT2D eigenvalue weighted by Crippen LogP contribution is 2.42. The van der Waals surface area contributed by atoms with E-state index in [1.54, 1.807) is 0 Å². The smallest absolute Gasteiger partial charge is 0.0973 e. The second-order valence-electron chi connectivity index (χ2n) is 15.0. The molecule has 0 saturated carbocycles. The fourth-order valence-electron chi connectivity index (χ4n) is 9.00. The van der Waals surface area contributed by atoms with Gasteiger partial charge in [-0.1, -0.05) is 146 Å². The fraction of sp³-hybridized carbons (Fsp3) is 0. The molecule has 0 spiro atoms. The van der Waals surface area contributed by atoms with Gasteiger partial charge in [0.1, 0.15) is 0 Å². The number of hydrogen-bond donors (Lipinski definition) is 0. The summed E-state index contributed by atoms with van der Waals surface area (Å²) in [6, 6.07) is 73.7. The Kier molecular flexibility index (Phi) is 7.20. The Balaban J connectivity index is 1.05. The van der Waals surface area contributed by atoms with Gasteiger partial charge in [-0.25, -0.2) is 9.97 Å². The quantitative estimate of drug-likeness (QED) is 0.176. The number of para-hydroxylation sites is 4. The maximum absolute atomic E-state index is 5.24. The van der Waals surface area contributed by atoms with Gasteiger partial charge in [0.15, 0.2) is 0 Å². The molecule has 0 fully saturated rings. The van der Waals surface area contributed by atoms with Gasteiger partial charge in [-0.2, -0.15) is 0 Å². The van der Waals surface area contributed by atoms with Crippen molar-refractivity contribution in [3.63, 3.8) is 0 Å². The minimum atomic E-state index is 0.862. The van der Waals surface area contributed by atoms with Crippen LogP contribution in [0.2, 0.25) is 0 Å². The highest BCUT2D eigenvalue weighted by Gasteiger charge is 2.20. The monoisotopic (exact) mass is 738 g/mol. The van der Waals surface area contributed by atoms with E-state index in [2.05, 4.69) is 185 Å². The van der Waals surface area contributed by atoms with Crippen molar-refractivity contribution in [1.82, 2.24) is 19.1 Å². The van der Waals surface area contributed by atoms with Crippen LogP contribution in [-0.2, 0) is 0 Å². The van der Waals surface area contributed by atoms with Crippen molar-refractivity contribution in [2.45, 2.75) is 0 Å². The second kappa shape index (κ2) is 12.9. The summed E-state index contributed by atoms with van der Waals surface area (Å²) in [6.45, 7) is 0. The largest absolute Gasteiger partial charge is 0.309 e. The molecule has 4 heteroatoms. The zero-order chi connectivity index (χ0) is 38.2. The number of hydrogen-bond acceptors (Lipinski definition) is 2. The van der Waals surface area contributed by atoms with Gasteiger partial charge in [-0.3, -0.25) is 0 Å². The molecule has 12 rings (SSSR count). The average Bonchev–Trinajstić information content (AvgIpc) is 3.80. The molecule has 12 aromatic rings. The number of aromatic nitrogens is 4. The Morgan fingerprint density at radius 2 is 0.810 bits per heavy atom. The fourth-order valence-corrected chi connectivity index (χ4v) is 9.00. The summed E-state index contributed by atoms with van der Waals surface area (Å²) in [5, 5.41) is 7.50. The van der Waals surface area contributed by atoms with Crippen LogP contribution in [0.1, 0.15) is 0 Å². The first-order valence-electron chi connectivity index (χ1n) is 19.7. The first kappa shape index (κ1) is 32.4. The molecule has 4 nitrogen and oxygen atoms in total. The van der Waals surface area contributed by atoms with Crippen LogP contribution < -0.4 is 0 Å². The lowest BCUT2D eigenvalue weighted by atomic mass is 9.99. The number of fused-ring (bicyclic) bond motifs is 9. The second-order valence-corrected chi connectivity index (χ2v) is 15.0. The molecular weight excluding hydrogens is 705 g/mol. The van der Waals surface area contributed by atoms with Gasteiger partial charge in [0.05, 0.1) is 44.5 Å². The van der Waals surface area contributed by atoms with E-state index in [-0.39, 0.29) is 0 Å². The summed E-state index contributed by atoms with van der Waals surface area (Å²) < 4.78 is 4.84. The van der Waals surface area contributed by atoms with Crippen molar-refractivity contribution in [2.24, 2.45) is 0 Å². The van der Waals surface area contributed by atoms with Gasteiger partial charge in [-0.05, 0) is 82.6 Å². The molecule has 0 saturated heterocycles. The Bertz CT molecular complexity index is 3530. The van der Waals surface area contributed by atoms with E-state index in [9.17, 15) is 0 Å². The third-order valence-corrected chi connectivity index (χ3v) is 11.7. The molecule has 0 amide bonds. The normalized spacial score (nSPS) is 11.8. The first-order chi connectivity index (χ1) is 28.8. The van der Waals surface area contributed by atoms with Crippen molar-refractivity contribution in [1.29, 1.82) is 0 Å². The molecule has 58 heavy (non-hydrogen) atoms. The Labute approximate surface area is 334 Å². The molecular formula is C54H34N4. The molecule has 270 valence electrons. The summed E-state index contributed by atoms with van der Waals surface area (Å²) in [6.07, 6.45) is 0. The van der Waals surface area contributed by atoms with E-state index in [0.717, 1.165) is 50.4 Å². The molecule has 3 aromatic heterocycles. The lowest BCUT2D eigenvalue weighted by Crippen LogP contribution is -1.97. The van der Waals surface area contributed by atoms with Gasteiger partial charge in [0.2, 0.25) is 0 Å². The van der Waals surface area contributed by atoms with Gasteiger partial charge < -0.3 is 9.13 Å². The molecule has 0 aliphatic rings. The minimum absolute atomic E-state index is 0.862. The van der Waals surface area contributed by atoms with Crippen molar-refractivity contribution in [3.05, 3.63) is 206 Å². The van der Waals surface area contributed by atoms with Crippen LogP contribution in [0.15, 0.2) is 206 Å².